The normalized spacial score (nSPS) is 43.1. The lowest BCUT2D eigenvalue weighted by Crippen LogP contribution is -2.45. The van der Waals surface area contributed by atoms with E-state index in [1.807, 2.05) is 0 Å². The molecule has 0 aromatic heterocycles. The fourth-order valence-electron chi connectivity index (χ4n) is 4.60. The number of carbonyl (C=O) groups excluding carboxylic acids is 3. The van der Waals surface area contributed by atoms with Gasteiger partial charge >= 0.3 is 17.9 Å². The highest BCUT2D eigenvalue weighted by molar-refractivity contribution is 5.87. The third-order valence-corrected chi connectivity index (χ3v) is 6.71. The van der Waals surface area contributed by atoms with Gasteiger partial charge in [-0.25, -0.2) is 4.79 Å². The van der Waals surface area contributed by atoms with Gasteiger partial charge in [-0.15, -0.1) is 0 Å². The molecule has 11 nitrogen and oxygen atoms in total. The maximum Gasteiger partial charge on any atom is 0.335 e. The van der Waals surface area contributed by atoms with Crippen LogP contribution >= 0.6 is 0 Å². The highest BCUT2D eigenvalue weighted by atomic mass is 16.8. The highest BCUT2D eigenvalue weighted by Gasteiger charge is 2.64. The van der Waals surface area contributed by atoms with E-state index in [2.05, 4.69) is 6.58 Å². The van der Waals surface area contributed by atoms with Gasteiger partial charge in [0, 0.05) is 12.0 Å². The van der Waals surface area contributed by atoms with Gasteiger partial charge in [0.1, 0.15) is 30.1 Å². The van der Waals surface area contributed by atoms with Crippen molar-refractivity contribution in [1.29, 1.82) is 0 Å². The summed E-state index contributed by atoms with van der Waals surface area (Å²) in [5.74, 6) is -5.43. The van der Waals surface area contributed by atoms with E-state index in [4.69, 9.17) is 37.9 Å². The molecular formula is C22H30O11. The second-order valence-corrected chi connectivity index (χ2v) is 9.07. The van der Waals surface area contributed by atoms with Crippen LogP contribution in [0.25, 0.3) is 0 Å². The molecule has 0 N–H and O–H groups in total. The molecule has 0 spiro atoms. The van der Waals surface area contributed by atoms with Gasteiger partial charge in [0.25, 0.3) is 0 Å². The van der Waals surface area contributed by atoms with E-state index in [0.717, 1.165) is 0 Å². The molecule has 0 amide bonds. The van der Waals surface area contributed by atoms with Crippen molar-refractivity contribution in [3.8, 4) is 0 Å². The predicted octanol–water partition coefficient (Wildman–Crippen LogP) is 0.835. The van der Waals surface area contributed by atoms with Gasteiger partial charge in [-0.1, -0.05) is 6.58 Å². The first kappa shape index (κ1) is 24.1. The third-order valence-electron chi connectivity index (χ3n) is 6.71. The number of hydrogen-bond acceptors (Lipinski definition) is 11. The monoisotopic (exact) mass is 470 g/mol. The summed E-state index contributed by atoms with van der Waals surface area (Å²) < 4.78 is 45.7. The molecular weight excluding hydrogens is 440 g/mol. The largest absolute Gasteiger partial charge is 0.469 e. The van der Waals surface area contributed by atoms with E-state index >= 15 is 0 Å². The van der Waals surface area contributed by atoms with E-state index in [1.165, 1.54) is 14.0 Å². The molecule has 0 aromatic rings. The first-order valence-corrected chi connectivity index (χ1v) is 10.9. The molecule has 4 saturated heterocycles. The Balaban J connectivity index is 1.55. The van der Waals surface area contributed by atoms with Gasteiger partial charge in [0.05, 0.1) is 20.3 Å². The topological polar surface area (TPSA) is 125 Å². The number of rotatable bonds is 6. The summed E-state index contributed by atoms with van der Waals surface area (Å²) in [6, 6.07) is 0. The summed E-state index contributed by atoms with van der Waals surface area (Å²) >= 11 is 0. The van der Waals surface area contributed by atoms with E-state index < -0.39 is 66.1 Å². The summed E-state index contributed by atoms with van der Waals surface area (Å²) in [7, 11) is 1.28. The van der Waals surface area contributed by atoms with Crippen molar-refractivity contribution < 1.29 is 52.3 Å². The lowest BCUT2D eigenvalue weighted by atomic mass is 9.98. The van der Waals surface area contributed by atoms with Crippen LogP contribution in [0.5, 0.6) is 0 Å². The fourth-order valence-corrected chi connectivity index (χ4v) is 4.60. The van der Waals surface area contributed by atoms with Crippen LogP contribution in [0.1, 0.15) is 34.1 Å². The van der Waals surface area contributed by atoms with Crippen molar-refractivity contribution in [3.05, 3.63) is 12.2 Å². The minimum Gasteiger partial charge on any atom is -0.469 e. The van der Waals surface area contributed by atoms with Crippen molar-refractivity contribution in [2.75, 3.05) is 20.3 Å². The summed E-state index contributed by atoms with van der Waals surface area (Å²) in [5.41, 5.74) is 0.191. The molecule has 0 saturated carbocycles. The number of carbonyl (C=O) groups is 3. The van der Waals surface area contributed by atoms with Gasteiger partial charge in [-0.05, 0) is 27.7 Å². The van der Waals surface area contributed by atoms with Crippen molar-refractivity contribution in [1.82, 2.24) is 0 Å². The third kappa shape index (κ3) is 4.17. The molecule has 9 unspecified atom stereocenters. The maximum atomic E-state index is 12.2. The Morgan fingerprint density at radius 1 is 1.15 bits per heavy atom. The zero-order chi connectivity index (χ0) is 24.1. The second-order valence-electron chi connectivity index (χ2n) is 9.07. The first-order chi connectivity index (χ1) is 15.5. The average molecular weight is 470 g/mol. The Bertz CT molecular complexity index is 842. The molecule has 33 heavy (non-hydrogen) atoms. The number of hydrogen-bond donors (Lipinski definition) is 0. The molecule has 4 aliphatic heterocycles. The number of esters is 3. The van der Waals surface area contributed by atoms with Crippen molar-refractivity contribution in [2.24, 2.45) is 11.8 Å². The first-order valence-electron chi connectivity index (χ1n) is 10.9. The smallest absolute Gasteiger partial charge is 0.335 e. The number of methoxy groups -OCH3 is 1. The number of ether oxygens (including phenoxy) is 8. The van der Waals surface area contributed by atoms with Crippen molar-refractivity contribution >= 4 is 17.9 Å². The van der Waals surface area contributed by atoms with E-state index in [0.29, 0.717) is 13.0 Å². The van der Waals surface area contributed by atoms with Crippen LogP contribution in [0.4, 0.5) is 0 Å². The molecule has 0 aromatic carbocycles. The standard InChI is InChI=1S/C22H30O11/c1-10(2)17(23)30-20-16-15(32-21(4,33-16)11(3)18(24)26-6)14(29-20)13-9-28-22(5,31-13)12-7-8-27-19(12)25/h11-16,20H,1,7-9H2,2-6H3. The maximum absolute atomic E-state index is 12.2. The van der Waals surface area contributed by atoms with E-state index in [9.17, 15) is 14.4 Å². The van der Waals surface area contributed by atoms with E-state index in [-0.39, 0.29) is 18.1 Å². The van der Waals surface area contributed by atoms with Gasteiger partial charge in [-0.3, -0.25) is 9.59 Å². The van der Waals surface area contributed by atoms with Crippen LogP contribution < -0.4 is 0 Å². The Kier molecular flexibility index (Phi) is 6.29. The average Bonchev–Trinajstić information content (AvgIpc) is 3.52. The Labute approximate surface area is 191 Å². The van der Waals surface area contributed by atoms with Gasteiger partial charge in [-0.2, -0.15) is 0 Å². The zero-order valence-corrected chi connectivity index (χ0v) is 19.4. The second kappa shape index (κ2) is 8.62. The fraction of sp³-hybridized carbons (Fsp3) is 0.773. The molecule has 0 radical (unpaired) electrons. The van der Waals surface area contributed by atoms with Crippen molar-refractivity contribution in [2.45, 2.75) is 76.4 Å². The van der Waals surface area contributed by atoms with Crippen LogP contribution in [0.15, 0.2) is 12.2 Å². The van der Waals surface area contributed by atoms with Crippen LogP contribution in [0.2, 0.25) is 0 Å². The Morgan fingerprint density at radius 3 is 2.45 bits per heavy atom. The summed E-state index contributed by atoms with van der Waals surface area (Å²) in [6.07, 6.45) is -3.62. The molecule has 11 heteroatoms. The zero-order valence-electron chi connectivity index (χ0n) is 19.4. The SMILES string of the molecule is C=C(C)C(=O)OC1OC(C2COC(C)(C3CCOC3=O)O2)C2OC(C)(C(C)C(=O)OC)OC12. The molecule has 4 fully saturated rings. The van der Waals surface area contributed by atoms with Gasteiger partial charge in [0.2, 0.25) is 6.29 Å². The molecule has 4 rings (SSSR count). The van der Waals surface area contributed by atoms with Crippen molar-refractivity contribution in [3.63, 3.8) is 0 Å². The molecule has 184 valence electrons. The lowest BCUT2D eigenvalue weighted by Gasteiger charge is -2.32. The molecule has 4 heterocycles. The molecule has 4 aliphatic rings. The van der Waals surface area contributed by atoms with E-state index in [1.54, 1.807) is 20.8 Å². The molecule has 0 bridgehead atoms. The highest BCUT2D eigenvalue weighted by Crippen LogP contribution is 2.46. The minimum absolute atomic E-state index is 0.113. The van der Waals surface area contributed by atoms with Gasteiger partial charge in [0.15, 0.2) is 17.7 Å². The van der Waals surface area contributed by atoms with Crippen LogP contribution in [-0.2, 0) is 52.3 Å². The summed E-state index contributed by atoms with van der Waals surface area (Å²) in [5, 5.41) is 0. The predicted molar refractivity (Wildman–Crippen MR) is 107 cm³/mol. The lowest BCUT2D eigenvalue weighted by molar-refractivity contribution is -0.264. The van der Waals surface area contributed by atoms with Gasteiger partial charge < -0.3 is 37.9 Å². The quantitative estimate of drug-likeness (QED) is 0.311. The van der Waals surface area contributed by atoms with Crippen LogP contribution in [-0.4, -0.2) is 80.5 Å². The van der Waals surface area contributed by atoms with Crippen LogP contribution in [0, 0.1) is 11.8 Å². The number of fused-ring (bicyclic) bond motifs is 1. The Morgan fingerprint density at radius 2 is 1.85 bits per heavy atom. The summed E-state index contributed by atoms with van der Waals surface area (Å²) in [4.78, 5) is 36.5. The molecule has 0 aliphatic carbocycles. The number of cyclic esters (lactones) is 1. The molecule has 9 atom stereocenters. The Hall–Kier alpha value is -2.05. The van der Waals surface area contributed by atoms with Crippen LogP contribution in [0.3, 0.4) is 0 Å². The minimum atomic E-state index is -1.35. The summed E-state index contributed by atoms with van der Waals surface area (Å²) in [6.45, 7) is 10.4.